The van der Waals surface area contributed by atoms with E-state index in [0.717, 1.165) is 11.3 Å². The highest BCUT2D eigenvalue weighted by molar-refractivity contribution is 5.98. The second-order valence-electron chi connectivity index (χ2n) is 13.3. The van der Waals surface area contributed by atoms with Gasteiger partial charge in [-0.3, -0.25) is 0 Å². The number of imidazole rings is 1. The highest BCUT2D eigenvalue weighted by atomic mass is 16.8. The first-order valence-corrected chi connectivity index (χ1v) is 16.6. The monoisotopic (exact) mass is 676 g/mol. The molecule has 3 heterocycles. The first-order chi connectivity index (χ1) is 23.3. The number of cyclic esters (lactones) is 1. The van der Waals surface area contributed by atoms with Gasteiger partial charge in [0.1, 0.15) is 41.6 Å². The van der Waals surface area contributed by atoms with Gasteiger partial charge in [-0.25, -0.2) is 9.78 Å². The molecule has 1 N–H and O–H groups in total. The third-order valence-corrected chi connectivity index (χ3v) is 8.36. The van der Waals surface area contributed by atoms with E-state index in [1.807, 2.05) is 80.1 Å². The lowest BCUT2D eigenvalue weighted by molar-refractivity contribution is -0.156. The lowest BCUT2D eigenvalue weighted by Gasteiger charge is -2.32. The Bertz CT molecular complexity index is 1600. The Morgan fingerprint density at radius 3 is 2.49 bits per heavy atom. The van der Waals surface area contributed by atoms with Gasteiger partial charge in [0.2, 0.25) is 5.79 Å². The van der Waals surface area contributed by atoms with E-state index in [2.05, 4.69) is 4.98 Å². The van der Waals surface area contributed by atoms with E-state index in [-0.39, 0.29) is 12.0 Å². The van der Waals surface area contributed by atoms with Crippen LogP contribution >= 0.6 is 0 Å². The fourth-order valence-corrected chi connectivity index (χ4v) is 5.64. The van der Waals surface area contributed by atoms with Crippen LogP contribution in [0.2, 0.25) is 0 Å². The topological polar surface area (TPSA) is 120 Å². The summed E-state index contributed by atoms with van der Waals surface area (Å²) in [5.41, 5.74) is 1.91. The molecule has 5 rings (SSSR count). The maximum absolute atomic E-state index is 13.2. The number of carbonyl (C=O) groups excluding carboxylic acids is 1. The van der Waals surface area contributed by atoms with Crippen LogP contribution in [0.3, 0.4) is 0 Å². The second-order valence-corrected chi connectivity index (χ2v) is 13.3. The molecule has 1 aromatic heterocycles. The number of aliphatic hydroxyl groups excluding tert-OH is 1. The quantitative estimate of drug-likeness (QED) is 0.144. The van der Waals surface area contributed by atoms with Crippen molar-refractivity contribution in [3.63, 3.8) is 0 Å². The standard InChI is InChI=1S/C38H48N2O9/c1-25(26(2)41)11-16-31(45-23-27-12-14-29(43-7)15-13-27)35-32(46-37(3,4)48-35)10-8-9-28-21-30(44-20-19-40-18-17-39-24-40)22-33-34(28)36(42)49-38(5,6)47-33/h8-9,11-18,21-22,24-26,31-32,35,41H,10,19-20,23H2,1-7H3/t25-,26+,31-,32+,35-/m1/s1. The van der Waals surface area contributed by atoms with Gasteiger partial charge in [0.15, 0.2) is 5.79 Å². The van der Waals surface area contributed by atoms with Crippen LogP contribution in [0.15, 0.2) is 73.3 Å². The van der Waals surface area contributed by atoms with Crippen molar-refractivity contribution in [1.29, 1.82) is 0 Å². The number of nitrogens with zero attached hydrogens (tertiary/aromatic N) is 2. The van der Waals surface area contributed by atoms with E-state index in [9.17, 15) is 9.90 Å². The van der Waals surface area contributed by atoms with Crippen LogP contribution in [-0.2, 0) is 32.1 Å². The molecular weight excluding hydrogens is 628 g/mol. The van der Waals surface area contributed by atoms with Crippen molar-refractivity contribution in [2.24, 2.45) is 5.92 Å². The number of carbonyl (C=O) groups is 1. The summed E-state index contributed by atoms with van der Waals surface area (Å²) in [6.07, 6.45) is 11.6. The fraction of sp³-hybridized carbons (Fsp3) is 0.474. The summed E-state index contributed by atoms with van der Waals surface area (Å²) in [5, 5.41) is 10.1. The summed E-state index contributed by atoms with van der Waals surface area (Å²) in [5.74, 6) is -0.817. The largest absolute Gasteiger partial charge is 0.497 e. The van der Waals surface area contributed by atoms with Crippen LogP contribution in [0, 0.1) is 5.92 Å². The van der Waals surface area contributed by atoms with Crippen molar-refractivity contribution >= 4 is 12.0 Å². The summed E-state index contributed by atoms with van der Waals surface area (Å²) in [6, 6.07) is 11.2. The molecule has 2 aromatic carbocycles. The molecule has 264 valence electrons. The Morgan fingerprint density at radius 2 is 1.80 bits per heavy atom. The average Bonchev–Trinajstić information content (AvgIpc) is 3.67. The minimum Gasteiger partial charge on any atom is -0.497 e. The molecule has 11 nitrogen and oxygen atoms in total. The van der Waals surface area contributed by atoms with Crippen molar-refractivity contribution in [3.05, 3.63) is 90.0 Å². The van der Waals surface area contributed by atoms with E-state index in [1.54, 1.807) is 52.5 Å². The van der Waals surface area contributed by atoms with Gasteiger partial charge in [0.05, 0.1) is 38.8 Å². The third kappa shape index (κ3) is 9.72. The molecule has 0 spiro atoms. The number of ether oxygens (including phenoxy) is 7. The van der Waals surface area contributed by atoms with Crippen LogP contribution in [0.25, 0.3) is 6.08 Å². The molecule has 49 heavy (non-hydrogen) atoms. The minimum absolute atomic E-state index is 0.0895. The third-order valence-electron chi connectivity index (χ3n) is 8.36. The summed E-state index contributed by atoms with van der Waals surface area (Å²) in [4.78, 5) is 17.2. The van der Waals surface area contributed by atoms with Crippen molar-refractivity contribution in [1.82, 2.24) is 9.55 Å². The fourth-order valence-electron chi connectivity index (χ4n) is 5.64. The number of fused-ring (bicyclic) bond motifs is 1. The summed E-state index contributed by atoms with van der Waals surface area (Å²) in [7, 11) is 1.63. The van der Waals surface area contributed by atoms with Crippen LogP contribution in [0.5, 0.6) is 17.2 Å². The molecule has 5 atom stereocenters. The smallest absolute Gasteiger partial charge is 0.345 e. The molecule has 0 amide bonds. The number of rotatable bonds is 15. The lowest BCUT2D eigenvalue weighted by Crippen LogP contribution is -2.39. The number of hydrogen-bond acceptors (Lipinski definition) is 10. The predicted octanol–water partition coefficient (Wildman–Crippen LogP) is 6.34. The van der Waals surface area contributed by atoms with Crippen molar-refractivity contribution in [2.75, 3.05) is 13.7 Å². The molecule has 1 saturated heterocycles. The zero-order valence-corrected chi connectivity index (χ0v) is 29.3. The maximum atomic E-state index is 13.2. The van der Waals surface area contributed by atoms with Gasteiger partial charge in [-0.05, 0) is 62.4 Å². The Balaban J connectivity index is 1.37. The molecule has 11 heteroatoms. The van der Waals surface area contributed by atoms with E-state index < -0.39 is 35.9 Å². The summed E-state index contributed by atoms with van der Waals surface area (Å²) >= 11 is 0. The van der Waals surface area contributed by atoms with Crippen molar-refractivity contribution in [2.45, 2.75) is 97.1 Å². The number of hydrogen-bond donors (Lipinski definition) is 1. The number of methoxy groups -OCH3 is 1. The van der Waals surface area contributed by atoms with E-state index in [0.29, 0.717) is 48.8 Å². The molecular formula is C38H48N2O9. The Labute approximate surface area is 288 Å². The molecule has 0 aliphatic carbocycles. The van der Waals surface area contributed by atoms with Crippen molar-refractivity contribution < 1.29 is 43.1 Å². The van der Waals surface area contributed by atoms with Gasteiger partial charge in [-0.2, -0.15) is 0 Å². The Morgan fingerprint density at radius 1 is 1.02 bits per heavy atom. The highest BCUT2D eigenvalue weighted by Gasteiger charge is 2.44. The number of aromatic nitrogens is 2. The maximum Gasteiger partial charge on any atom is 0.345 e. The lowest BCUT2D eigenvalue weighted by atomic mass is 9.99. The molecule has 0 unspecified atom stereocenters. The van der Waals surface area contributed by atoms with Crippen LogP contribution in [-0.4, -0.2) is 70.3 Å². The molecule has 3 aromatic rings. The second kappa shape index (κ2) is 15.6. The van der Waals surface area contributed by atoms with Crippen molar-refractivity contribution in [3.8, 4) is 17.2 Å². The summed E-state index contributed by atoms with van der Waals surface area (Å²) < 4.78 is 44.2. The number of benzene rings is 2. The first-order valence-electron chi connectivity index (χ1n) is 16.6. The van der Waals surface area contributed by atoms with Crippen LogP contribution in [0.4, 0.5) is 0 Å². The SMILES string of the molecule is COc1ccc(CO[C@H](C=C[C@@H](C)[C@H](C)O)[C@H]2OC(C)(C)O[C@H]2CC=Cc2cc(OCCn3ccnc3)cc3c2C(=O)OC(C)(C)O3)cc1. The Kier molecular flexibility index (Phi) is 11.5. The van der Waals surface area contributed by atoms with Gasteiger partial charge in [-0.15, -0.1) is 0 Å². The van der Waals surface area contributed by atoms with Crippen LogP contribution in [0.1, 0.15) is 69.4 Å². The number of aliphatic hydroxyl groups is 1. The van der Waals surface area contributed by atoms with Gasteiger partial charge in [-0.1, -0.05) is 43.4 Å². The van der Waals surface area contributed by atoms with Crippen LogP contribution < -0.4 is 14.2 Å². The highest BCUT2D eigenvalue weighted by Crippen LogP contribution is 2.38. The molecule has 0 bridgehead atoms. The van der Waals surface area contributed by atoms with E-state index in [4.69, 9.17) is 33.2 Å². The predicted molar refractivity (Wildman–Crippen MR) is 183 cm³/mol. The van der Waals surface area contributed by atoms with E-state index in [1.165, 1.54) is 0 Å². The van der Waals surface area contributed by atoms with Gasteiger partial charge in [0, 0.05) is 32.3 Å². The molecule has 0 saturated carbocycles. The first kappa shape index (κ1) is 36.1. The normalized spacial score (nSPS) is 21.6. The summed E-state index contributed by atoms with van der Waals surface area (Å²) in [6.45, 7) is 12.2. The van der Waals surface area contributed by atoms with Gasteiger partial charge >= 0.3 is 5.97 Å². The molecule has 2 aliphatic heterocycles. The minimum atomic E-state index is -1.12. The van der Waals surface area contributed by atoms with E-state index >= 15 is 0 Å². The molecule has 1 fully saturated rings. The average molecular weight is 677 g/mol. The van der Waals surface area contributed by atoms with Gasteiger partial charge < -0.3 is 42.8 Å². The molecule has 0 radical (unpaired) electrons. The van der Waals surface area contributed by atoms with Gasteiger partial charge in [0.25, 0.3) is 0 Å². The zero-order chi connectivity index (χ0) is 35.2. The zero-order valence-electron chi connectivity index (χ0n) is 29.3. The molecule has 2 aliphatic rings. The number of esters is 1. The Hall–Kier alpha value is -4.16.